The van der Waals surface area contributed by atoms with Crippen molar-refractivity contribution in [3.8, 4) is 0 Å². The number of hydrogen-bond donors (Lipinski definition) is 1. The molecule has 0 bridgehead atoms. The molecule has 1 unspecified atom stereocenters. The van der Waals surface area contributed by atoms with Gasteiger partial charge in [-0.05, 0) is 32.4 Å². The Labute approximate surface area is 97.1 Å². The molecule has 2 rings (SSSR count). The molecule has 0 aliphatic carbocycles. The number of aromatic nitrogens is 2. The molecule has 0 aromatic carbocycles. The van der Waals surface area contributed by atoms with E-state index in [1.54, 1.807) is 12.5 Å². The minimum atomic E-state index is 0.615. The van der Waals surface area contributed by atoms with Gasteiger partial charge in [0.25, 0.3) is 0 Å². The zero-order valence-corrected chi connectivity index (χ0v) is 9.89. The zero-order chi connectivity index (χ0) is 11.2. The van der Waals surface area contributed by atoms with Crippen molar-refractivity contribution in [1.29, 1.82) is 0 Å². The smallest absolute Gasteiger partial charge is 0.131 e. The van der Waals surface area contributed by atoms with Crippen LogP contribution in [0.5, 0.6) is 0 Å². The van der Waals surface area contributed by atoms with E-state index in [2.05, 4.69) is 27.1 Å². The number of hydrogen-bond acceptors (Lipinski definition) is 4. The summed E-state index contributed by atoms with van der Waals surface area (Å²) in [5, 5.41) is 3.57. The molecular weight excluding hydrogens is 200 g/mol. The van der Waals surface area contributed by atoms with Crippen molar-refractivity contribution >= 4 is 5.82 Å². The van der Waals surface area contributed by atoms with Gasteiger partial charge in [0, 0.05) is 25.3 Å². The highest BCUT2D eigenvalue weighted by atomic mass is 15.2. The Balaban J connectivity index is 1.94. The van der Waals surface area contributed by atoms with Gasteiger partial charge in [0.1, 0.15) is 12.1 Å². The third kappa shape index (κ3) is 2.92. The molecule has 1 saturated heterocycles. The monoisotopic (exact) mass is 220 g/mol. The summed E-state index contributed by atoms with van der Waals surface area (Å²) < 4.78 is 0. The highest BCUT2D eigenvalue weighted by Gasteiger charge is 2.16. The Hall–Kier alpha value is -1.16. The normalized spacial score (nSPS) is 20.7. The van der Waals surface area contributed by atoms with Gasteiger partial charge in [-0.15, -0.1) is 0 Å². The average Bonchev–Trinajstić information content (AvgIpc) is 2.38. The first kappa shape index (κ1) is 11.3. The van der Waals surface area contributed by atoms with Crippen LogP contribution in [0.15, 0.2) is 18.6 Å². The van der Waals surface area contributed by atoms with E-state index >= 15 is 0 Å². The molecule has 0 saturated carbocycles. The van der Waals surface area contributed by atoms with E-state index in [0.717, 1.165) is 25.5 Å². The fourth-order valence-electron chi connectivity index (χ4n) is 2.20. The molecule has 1 aliphatic rings. The number of likely N-dealkylation sites (N-methyl/N-ethyl adjacent to an activating group) is 1. The summed E-state index contributed by atoms with van der Waals surface area (Å²) in [4.78, 5) is 10.6. The molecule has 0 spiro atoms. The fourth-order valence-corrected chi connectivity index (χ4v) is 2.20. The lowest BCUT2D eigenvalue weighted by molar-refractivity contribution is 0.399. The van der Waals surface area contributed by atoms with Crippen LogP contribution in [0.3, 0.4) is 0 Å². The Bertz CT molecular complexity index is 295. The third-order valence-corrected chi connectivity index (χ3v) is 3.13. The molecule has 1 N–H and O–H groups in total. The number of nitrogens with one attached hydrogen (secondary N) is 1. The first-order valence-electron chi connectivity index (χ1n) is 6.14. The van der Waals surface area contributed by atoms with E-state index in [0.29, 0.717) is 6.04 Å². The molecule has 0 amide bonds. The van der Waals surface area contributed by atoms with Crippen molar-refractivity contribution in [2.24, 2.45) is 0 Å². The van der Waals surface area contributed by atoms with Gasteiger partial charge >= 0.3 is 0 Å². The van der Waals surface area contributed by atoms with Gasteiger partial charge < -0.3 is 10.2 Å². The van der Waals surface area contributed by atoms with E-state index < -0.39 is 0 Å². The first-order chi connectivity index (χ1) is 7.90. The fraction of sp³-hybridized carbons (Fsp3) is 0.667. The lowest BCUT2D eigenvalue weighted by Crippen LogP contribution is -2.44. The molecule has 4 nitrogen and oxygen atoms in total. The quantitative estimate of drug-likeness (QED) is 0.833. The maximum absolute atomic E-state index is 4.30. The maximum atomic E-state index is 4.30. The topological polar surface area (TPSA) is 41.0 Å². The summed E-state index contributed by atoms with van der Waals surface area (Å²) in [5.74, 6) is 1.03. The minimum Gasteiger partial charge on any atom is -0.355 e. The van der Waals surface area contributed by atoms with Crippen molar-refractivity contribution < 1.29 is 0 Å². The number of anilines is 1. The molecule has 2 heterocycles. The summed E-state index contributed by atoms with van der Waals surface area (Å²) in [7, 11) is 0. The predicted molar refractivity (Wildman–Crippen MR) is 65.6 cm³/mol. The molecule has 88 valence electrons. The van der Waals surface area contributed by atoms with Crippen LogP contribution in [-0.2, 0) is 0 Å². The molecule has 1 atom stereocenters. The van der Waals surface area contributed by atoms with E-state index in [-0.39, 0.29) is 0 Å². The van der Waals surface area contributed by atoms with Crippen molar-refractivity contribution in [3.05, 3.63) is 18.6 Å². The van der Waals surface area contributed by atoms with Crippen molar-refractivity contribution in [3.63, 3.8) is 0 Å². The molecule has 0 radical (unpaired) electrons. The number of nitrogens with zero attached hydrogens (tertiary/aromatic N) is 3. The van der Waals surface area contributed by atoms with Crippen LogP contribution in [-0.4, -0.2) is 35.6 Å². The van der Waals surface area contributed by atoms with Crippen LogP contribution in [0.2, 0.25) is 0 Å². The number of rotatable bonds is 4. The van der Waals surface area contributed by atoms with Crippen LogP contribution in [0.25, 0.3) is 0 Å². The minimum absolute atomic E-state index is 0.615. The SMILES string of the molecule is CCN(CC1CCCCN1)c1ccncn1. The average molecular weight is 220 g/mol. The van der Waals surface area contributed by atoms with Gasteiger partial charge in [-0.1, -0.05) is 6.42 Å². The van der Waals surface area contributed by atoms with E-state index in [1.807, 2.05) is 6.07 Å². The second kappa shape index (κ2) is 5.80. The third-order valence-electron chi connectivity index (χ3n) is 3.13. The molecule has 1 aliphatic heterocycles. The summed E-state index contributed by atoms with van der Waals surface area (Å²) in [6.07, 6.45) is 7.36. The standard InChI is InChI=1S/C12H20N4/c1-2-16(12-6-8-13-10-15-12)9-11-5-3-4-7-14-11/h6,8,10-11,14H,2-5,7,9H2,1H3. The van der Waals surface area contributed by atoms with Crippen LogP contribution >= 0.6 is 0 Å². The summed E-state index contributed by atoms with van der Waals surface area (Å²) in [5.41, 5.74) is 0. The predicted octanol–water partition coefficient (Wildman–Crippen LogP) is 1.44. The van der Waals surface area contributed by atoms with Gasteiger partial charge in [-0.25, -0.2) is 9.97 Å². The summed E-state index contributed by atoms with van der Waals surface area (Å²) in [6, 6.07) is 2.59. The Kier molecular flexibility index (Phi) is 4.10. The van der Waals surface area contributed by atoms with Gasteiger partial charge in [0.2, 0.25) is 0 Å². The summed E-state index contributed by atoms with van der Waals surface area (Å²) >= 11 is 0. The Morgan fingerprint density at radius 2 is 2.44 bits per heavy atom. The van der Waals surface area contributed by atoms with Gasteiger partial charge in [0.05, 0.1) is 0 Å². The summed E-state index contributed by atoms with van der Waals surface area (Å²) in [6.45, 7) is 5.37. The van der Waals surface area contributed by atoms with Gasteiger partial charge in [-0.3, -0.25) is 0 Å². The molecule has 1 fully saturated rings. The Morgan fingerprint density at radius 3 is 3.06 bits per heavy atom. The van der Waals surface area contributed by atoms with Crippen LogP contribution in [0, 0.1) is 0 Å². The number of piperidine rings is 1. The molecule has 4 heteroatoms. The van der Waals surface area contributed by atoms with E-state index in [4.69, 9.17) is 0 Å². The molecular formula is C12H20N4. The van der Waals surface area contributed by atoms with Crippen LogP contribution in [0.1, 0.15) is 26.2 Å². The zero-order valence-electron chi connectivity index (χ0n) is 9.89. The molecule has 1 aromatic rings. The maximum Gasteiger partial charge on any atom is 0.131 e. The lowest BCUT2D eigenvalue weighted by atomic mass is 10.0. The van der Waals surface area contributed by atoms with Gasteiger partial charge in [0.15, 0.2) is 0 Å². The van der Waals surface area contributed by atoms with E-state index in [9.17, 15) is 0 Å². The lowest BCUT2D eigenvalue weighted by Gasteiger charge is -2.30. The van der Waals surface area contributed by atoms with E-state index in [1.165, 1.54) is 19.3 Å². The van der Waals surface area contributed by atoms with Crippen molar-refractivity contribution in [2.75, 3.05) is 24.5 Å². The first-order valence-corrected chi connectivity index (χ1v) is 6.14. The Morgan fingerprint density at radius 1 is 1.50 bits per heavy atom. The van der Waals surface area contributed by atoms with Crippen LogP contribution in [0.4, 0.5) is 5.82 Å². The highest BCUT2D eigenvalue weighted by molar-refractivity contribution is 5.36. The van der Waals surface area contributed by atoms with Gasteiger partial charge in [-0.2, -0.15) is 0 Å². The van der Waals surface area contributed by atoms with Crippen LogP contribution < -0.4 is 10.2 Å². The van der Waals surface area contributed by atoms with Crippen molar-refractivity contribution in [1.82, 2.24) is 15.3 Å². The second-order valence-electron chi connectivity index (χ2n) is 4.25. The largest absolute Gasteiger partial charge is 0.355 e. The highest BCUT2D eigenvalue weighted by Crippen LogP contribution is 2.13. The molecule has 1 aromatic heterocycles. The second-order valence-corrected chi connectivity index (χ2v) is 4.25. The van der Waals surface area contributed by atoms with Crippen molar-refractivity contribution in [2.45, 2.75) is 32.2 Å². The molecule has 16 heavy (non-hydrogen) atoms.